The summed E-state index contributed by atoms with van der Waals surface area (Å²) in [4.78, 5) is 13.9. The summed E-state index contributed by atoms with van der Waals surface area (Å²) in [5, 5.41) is 9.70. The second-order valence-electron chi connectivity index (χ2n) is 3.67. The molecule has 0 radical (unpaired) electrons. The van der Waals surface area contributed by atoms with E-state index in [4.69, 9.17) is 15.6 Å². The average molecular weight is 234 g/mol. The highest BCUT2D eigenvalue weighted by Gasteiger charge is 2.19. The van der Waals surface area contributed by atoms with Crippen molar-refractivity contribution in [2.75, 3.05) is 6.61 Å². The van der Waals surface area contributed by atoms with Crippen LogP contribution in [0, 0.1) is 0 Å². The summed E-state index contributed by atoms with van der Waals surface area (Å²) in [6.45, 7) is 2.45. The first-order valence-electron chi connectivity index (χ1n) is 5.36. The predicted octanol–water partition coefficient (Wildman–Crippen LogP) is 1.65. The van der Waals surface area contributed by atoms with Gasteiger partial charge in [0.1, 0.15) is 11.8 Å². The summed E-state index contributed by atoms with van der Waals surface area (Å²) in [7, 11) is 0. The molecular weight excluding hydrogens is 220 g/mol. The molecule has 1 heterocycles. The third-order valence-electron chi connectivity index (χ3n) is 2.61. The van der Waals surface area contributed by atoms with Crippen LogP contribution in [0.25, 0.3) is 10.9 Å². The van der Waals surface area contributed by atoms with Crippen molar-refractivity contribution >= 4 is 16.9 Å². The van der Waals surface area contributed by atoms with Crippen LogP contribution < -0.4 is 10.5 Å². The largest absolute Gasteiger partial charge is 0.492 e. The number of hydrogen-bond acceptors (Lipinski definition) is 3. The summed E-state index contributed by atoms with van der Waals surface area (Å²) in [6, 6.07) is 4.45. The minimum Gasteiger partial charge on any atom is -0.492 e. The van der Waals surface area contributed by atoms with Crippen LogP contribution >= 0.6 is 0 Å². The molecule has 2 rings (SSSR count). The first-order chi connectivity index (χ1) is 8.15. The lowest BCUT2D eigenvalue weighted by Crippen LogP contribution is -2.20. The Hall–Kier alpha value is -2.01. The lowest BCUT2D eigenvalue weighted by molar-refractivity contribution is -0.138. The molecule has 0 amide bonds. The molecular formula is C12H14N2O3. The van der Waals surface area contributed by atoms with Gasteiger partial charge in [-0.15, -0.1) is 0 Å². The van der Waals surface area contributed by atoms with E-state index in [1.165, 1.54) is 0 Å². The highest BCUT2D eigenvalue weighted by atomic mass is 16.5. The van der Waals surface area contributed by atoms with Crippen molar-refractivity contribution in [2.24, 2.45) is 5.73 Å². The maximum absolute atomic E-state index is 10.9. The standard InChI is InChI=1S/C12H14N2O3/c1-2-17-9-5-3-4-7-8(6-14-11(7)9)10(13)12(15)16/h3-6,10,14H,2,13H2,1H3,(H,15,16). The SMILES string of the molecule is CCOc1cccc2c(C(N)C(=O)O)c[nH]c12. The van der Waals surface area contributed by atoms with Gasteiger partial charge in [-0.3, -0.25) is 4.79 Å². The fourth-order valence-corrected chi connectivity index (χ4v) is 1.81. The average Bonchev–Trinajstić information content (AvgIpc) is 2.73. The molecule has 0 saturated heterocycles. The molecule has 90 valence electrons. The number of para-hydroxylation sites is 1. The zero-order chi connectivity index (χ0) is 12.4. The van der Waals surface area contributed by atoms with Gasteiger partial charge in [0.05, 0.1) is 12.1 Å². The van der Waals surface area contributed by atoms with E-state index in [1.54, 1.807) is 6.20 Å². The maximum Gasteiger partial charge on any atom is 0.325 e. The van der Waals surface area contributed by atoms with E-state index in [0.717, 1.165) is 10.9 Å². The van der Waals surface area contributed by atoms with Gasteiger partial charge in [0.2, 0.25) is 0 Å². The van der Waals surface area contributed by atoms with Gasteiger partial charge in [0.15, 0.2) is 0 Å². The number of nitrogens with one attached hydrogen (secondary N) is 1. The molecule has 2 aromatic rings. The highest BCUT2D eigenvalue weighted by molar-refractivity contribution is 5.92. The second-order valence-corrected chi connectivity index (χ2v) is 3.67. The number of carboxylic acids is 1. The number of carbonyl (C=O) groups is 1. The van der Waals surface area contributed by atoms with Crippen LogP contribution in [-0.4, -0.2) is 22.7 Å². The quantitative estimate of drug-likeness (QED) is 0.750. The number of nitrogens with two attached hydrogens (primary N) is 1. The van der Waals surface area contributed by atoms with Crippen molar-refractivity contribution < 1.29 is 14.6 Å². The smallest absolute Gasteiger partial charge is 0.325 e. The van der Waals surface area contributed by atoms with Crippen LogP contribution in [0.15, 0.2) is 24.4 Å². The van der Waals surface area contributed by atoms with Crippen LogP contribution in [0.4, 0.5) is 0 Å². The number of aromatic nitrogens is 1. The molecule has 1 unspecified atom stereocenters. The van der Waals surface area contributed by atoms with Crippen molar-refractivity contribution in [3.63, 3.8) is 0 Å². The van der Waals surface area contributed by atoms with Crippen LogP contribution in [0.2, 0.25) is 0 Å². The van der Waals surface area contributed by atoms with Gasteiger partial charge in [0.25, 0.3) is 0 Å². The molecule has 0 saturated carbocycles. The third kappa shape index (κ3) is 1.97. The molecule has 1 aromatic heterocycles. The Morgan fingerprint density at radius 3 is 3.00 bits per heavy atom. The van der Waals surface area contributed by atoms with Gasteiger partial charge >= 0.3 is 5.97 Å². The van der Waals surface area contributed by atoms with Gasteiger partial charge < -0.3 is 20.6 Å². The Bertz CT molecular complexity index is 548. The van der Waals surface area contributed by atoms with E-state index in [1.807, 2.05) is 25.1 Å². The minimum atomic E-state index is -1.05. The Morgan fingerprint density at radius 2 is 2.35 bits per heavy atom. The normalized spacial score (nSPS) is 12.6. The fraction of sp³-hybridized carbons (Fsp3) is 0.250. The number of hydrogen-bond donors (Lipinski definition) is 3. The Labute approximate surface area is 98.2 Å². The number of aliphatic carboxylic acids is 1. The molecule has 0 aliphatic heterocycles. The zero-order valence-electron chi connectivity index (χ0n) is 9.43. The Morgan fingerprint density at radius 1 is 1.59 bits per heavy atom. The molecule has 0 spiro atoms. The molecule has 0 aliphatic rings. The van der Waals surface area contributed by atoms with Crippen LogP contribution in [-0.2, 0) is 4.79 Å². The van der Waals surface area contributed by atoms with Gasteiger partial charge in [-0.2, -0.15) is 0 Å². The predicted molar refractivity (Wildman–Crippen MR) is 64.0 cm³/mol. The molecule has 0 bridgehead atoms. The van der Waals surface area contributed by atoms with Crippen LogP contribution in [0.1, 0.15) is 18.5 Å². The zero-order valence-corrected chi connectivity index (χ0v) is 9.43. The van der Waals surface area contributed by atoms with Crippen molar-refractivity contribution in [1.29, 1.82) is 0 Å². The van der Waals surface area contributed by atoms with Crippen molar-refractivity contribution in [3.8, 4) is 5.75 Å². The van der Waals surface area contributed by atoms with E-state index < -0.39 is 12.0 Å². The summed E-state index contributed by atoms with van der Waals surface area (Å²) in [5.41, 5.74) is 6.95. The lowest BCUT2D eigenvalue weighted by atomic mass is 10.1. The fourth-order valence-electron chi connectivity index (χ4n) is 1.81. The van der Waals surface area contributed by atoms with Crippen molar-refractivity contribution in [3.05, 3.63) is 30.0 Å². The van der Waals surface area contributed by atoms with E-state index in [2.05, 4.69) is 4.98 Å². The minimum absolute atomic E-state index is 0.554. The summed E-state index contributed by atoms with van der Waals surface area (Å²) in [6.07, 6.45) is 1.62. The topological polar surface area (TPSA) is 88.3 Å². The first-order valence-corrected chi connectivity index (χ1v) is 5.36. The second kappa shape index (κ2) is 4.47. The first kappa shape index (κ1) is 11.5. The van der Waals surface area contributed by atoms with E-state index in [-0.39, 0.29) is 0 Å². The van der Waals surface area contributed by atoms with E-state index >= 15 is 0 Å². The van der Waals surface area contributed by atoms with Crippen molar-refractivity contribution in [1.82, 2.24) is 4.98 Å². The van der Waals surface area contributed by atoms with Crippen LogP contribution in [0.5, 0.6) is 5.75 Å². The van der Waals surface area contributed by atoms with E-state index in [9.17, 15) is 4.79 Å². The maximum atomic E-state index is 10.9. The Kier molecular flexibility index (Phi) is 3.01. The number of benzene rings is 1. The van der Waals surface area contributed by atoms with Gasteiger partial charge in [-0.05, 0) is 13.0 Å². The molecule has 4 N–H and O–H groups in total. The van der Waals surface area contributed by atoms with Gasteiger partial charge in [-0.1, -0.05) is 12.1 Å². The molecule has 5 nitrogen and oxygen atoms in total. The van der Waals surface area contributed by atoms with Crippen LogP contribution in [0.3, 0.4) is 0 Å². The highest BCUT2D eigenvalue weighted by Crippen LogP contribution is 2.29. The molecule has 1 atom stereocenters. The number of rotatable bonds is 4. The third-order valence-corrected chi connectivity index (χ3v) is 2.61. The molecule has 5 heteroatoms. The monoisotopic (exact) mass is 234 g/mol. The molecule has 0 fully saturated rings. The number of carboxylic acid groups (broad SMARTS) is 1. The number of H-pyrrole nitrogens is 1. The molecule has 1 aromatic carbocycles. The number of ether oxygens (including phenoxy) is 1. The summed E-state index contributed by atoms with van der Waals surface area (Å²) >= 11 is 0. The van der Waals surface area contributed by atoms with Crippen molar-refractivity contribution in [2.45, 2.75) is 13.0 Å². The number of fused-ring (bicyclic) bond motifs is 1. The van der Waals surface area contributed by atoms with E-state index in [0.29, 0.717) is 17.9 Å². The van der Waals surface area contributed by atoms with Gasteiger partial charge in [0, 0.05) is 17.1 Å². The van der Waals surface area contributed by atoms with Gasteiger partial charge in [-0.25, -0.2) is 0 Å². The lowest BCUT2D eigenvalue weighted by Gasteiger charge is -2.06. The molecule has 0 aliphatic carbocycles. The summed E-state index contributed by atoms with van der Waals surface area (Å²) < 4.78 is 5.45. The summed E-state index contributed by atoms with van der Waals surface area (Å²) in [5.74, 6) is -0.346. The Balaban J connectivity index is 2.54. The number of aromatic amines is 1. The molecule has 17 heavy (non-hydrogen) atoms.